The van der Waals surface area contributed by atoms with Gasteiger partial charge in [0.2, 0.25) is 0 Å². The van der Waals surface area contributed by atoms with Crippen LogP contribution in [-0.4, -0.2) is 42.1 Å². The number of nitrogens with one attached hydrogen (secondary N) is 1. The minimum atomic E-state index is -0.0583. The first-order valence-corrected chi connectivity index (χ1v) is 7.88. The predicted molar refractivity (Wildman–Crippen MR) is 86.1 cm³/mol. The van der Waals surface area contributed by atoms with Gasteiger partial charge in [-0.2, -0.15) is 0 Å². The molecular formula is C15H18N4OS. The van der Waals surface area contributed by atoms with Crippen LogP contribution >= 0.6 is 11.3 Å². The summed E-state index contributed by atoms with van der Waals surface area (Å²) < 4.78 is 0. The summed E-state index contributed by atoms with van der Waals surface area (Å²) in [7, 11) is 0. The highest BCUT2D eigenvalue weighted by atomic mass is 32.1. The zero-order chi connectivity index (χ0) is 14.7. The monoisotopic (exact) mass is 302 g/mol. The zero-order valence-electron chi connectivity index (χ0n) is 12.0. The molecule has 0 unspecified atom stereocenters. The molecule has 1 N–H and O–H groups in total. The third-order valence-corrected chi connectivity index (χ3v) is 4.40. The third kappa shape index (κ3) is 3.33. The standard InChI is InChI=1S/C15H18N4OS/c1-12-11-21-14(16-12)17-15(20)19-9-7-18(8-10-19)13-5-3-2-4-6-13/h2-6,11H,7-10H2,1H3,(H,16,17,20). The minimum absolute atomic E-state index is 0.0583. The van der Waals surface area contributed by atoms with E-state index in [1.54, 1.807) is 0 Å². The van der Waals surface area contributed by atoms with E-state index in [1.165, 1.54) is 17.0 Å². The average Bonchev–Trinajstić information content (AvgIpc) is 2.93. The molecule has 0 saturated carbocycles. The van der Waals surface area contributed by atoms with Crippen LogP contribution in [0.25, 0.3) is 0 Å². The fourth-order valence-electron chi connectivity index (χ4n) is 2.39. The van der Waals surface area contributed by atoms with Gasteiger partial charge in [0.05, 0.1) is 5.69 Å². The molecule has 2 heterocycles. The van der Waals surface area contributed by atoms with Gasteiger partial charge in [0.15, 0.2) is 5.13 Å². The molecule has 0 atom stereocenters. The van der Waals surface area contributed by atoms with Gasteiger partial charge in [-0.1, -0.05) is 18.2 Å². The van der Waals surface area contributed by atoms with E-state index in [9.17, 15) is 4.79 Å². The van der Waals surface area contributed by atoms with E-state index >= 15 is 0 Å². The Morgan fingerprint density at radius 3 is 2.52 bits per heavy atom. The van der Waals surface area contributed by atoms with Crippen LogP contribution in [0.5, 0.6) is 0 Å². The van der Waals surface area contributed by atoms with E-state index in [1.807, 2.05) is 35.4 Å². The van der Waals surface area contributed by atoms with Crippen LogP contribution in [0.3, 0.4) is 0 Å². The van der Waals surface area contributed by atoms with Gasteiger partial charge in [-0.15, -0.1) is 11.3 Å². The van der Waals surface area contributed by atoms with E-state index < -0.39 is 0 Å². The molecule has 3 rings (SSSR count). The number of hydrogen-bond acceptors (Lipinski definition) is 4. The number of aromatic nitrogens is 1. The Balaban J connectivity index is 1.54. The summed E-state index contributed by atoms with van der Waals surface area (Å²) in [6.07, 6.45) is 0. The number of carbonyl (C=O) groups is 1. The highest BCUT2D eigenvalue weighted by Gasteiger charge is 2.21. The van der Waals surface area contributed by atoms with Gasteiger partial charge in [0.25, 0.3) is 0 Å². The van der Waals surface area contributed by atoms with Crippen LogP contribution in [0.2, 0.25) is 0 Å². The molecule has 2 amide bonds. The summed E-state index contributed by atoms with van der Waals surface area (Å²) in [6.45, 7) is 5.09. The number of benzene rings is 1. The Bertz CT molecular complexity index is 605. The van der Waals surface area contributed by atoms with Crippen molar-refractivity contribution in [2.45, 2.75) is 6.92 Å². The van der Waals surface area contributed by atoms with Crippen molar-refractivity contribution in [1.82, 2.24) is 9.88 Å². The number of rotatable bonds is 2. The van der Waals surface area contributed by atoms with Crippen molar-refractivity contribution in [2.75, 3.05) is 36.4 Å². The molecule has 1 fully saturated rings. The molecule has 0 radical (unpaired) electrons. The summed E-state index contributed by atoms with van der Waals surface area (Å²) in [4.78, 5) is 20.6. The third-order valence-electron chi connectivity index (χ3n) is 3.52. The number of aryl methyl sites for hydroxylation is 1. The number of anilines is 2. The van der Waals surface area contributed by atoms with Gasteiger partial charge < -0.3 is 9.80 Å². The molecular weight excluding hydrogens is 284 g/mol. The van der Waals surface area contributed by atoms with Crippen LogP contribution in [-0.2, 0) is 0 Å². The summed E-state index contributed by atoms with van der Waals surface area (Å²) in [5, 5.41) is 5.47. The molecule has 5 nitrogen and oxygen atoms in total. The number of piperazine rings is 1. The van der Waals surface area contributed by atoms with E-state index in [2.05, 4.69) is 27.3 Å². The zero-order valence-corrected chi connectivity index (χ0v) is 12.8. The van der Waals surface area contributed by atoms with Crippen molar-refractivity contribution in [3.63, 3.8) is 0 Å². The number of urea groups is 1. The molecule has 2 aromatic rings. The molecule has 0 bridgehead atoms. The maximum absolute atomic E-state index is 12.2. The Hall–Kier alpha value is -2.08. The molecule has 1 aromatic carbocycles. The molecule has 1 aliphatic rings. The van der Waals surface area contributed by atoms with Crippen molar-refractivity contribution in [3.05, 3.63) is 41.4 Å². The van der Waals surface area contributed by atoms with E-state index in [4.69, 9.17) is 0 Å². The largest absolute Gasteiger partial charge is 0.368 e. The van der Waals surface area contributed by atoms with Crippen LogP contribution in [0, 0.1) is 6.92 Å². The smallest absolute Gasteiger partial charge is 0.323 e. The van der Waals surface area contributed by atoms with Gasteiger partial charge in [-0.3, -0.25) is 5.32 Å². The summed E-state index contributed by atoms with van der Waals surface area (Å²) >= 11 is 1.46. The lowest BCUT2D eigenvalue weighted by atomic mass is 10.2. The quantitative estimate of drug-likeness (QED) is 0.928. The first kappa shape index (κ1) is 13.9. The fourth-order valence-corrected chi connectivity index (χ4v) is 3.07. The SMILES string of the molecule is Cc1csc(NC(=O)N2CCN(c3ccccc3)CC2)n1. The highest BCUT2D eigenvalue weighted by molar-refractivity contribution is 7.13. The van der Waals surface area contributed by atoms with E-state index in [0.29, 0.717) is 5.13 Å². The second-order valence-corrected chi connectivity index (χ2v) is 5.89. The number of amides is 2. The molecule has 1 aliphatic heterocycles. The Labute approximate surface area is 128 Å². The predicted octanol–water partition coefficient (Wildman–Crippen LogP) is 2.81. The Morgan fingerprint density at radius 2 is 1.90 bits per heavy atom. The number of para-hydroxylation sites is 1. The van der Waals surface area contributed by atoms with Crippen molar-refractivity contribution in [2.24, 2.45) is 0 Å². The fraction of sp³-hybridized carbons (Fsp3) is 0.333. The van der Waals surface area contributed by atoms with Gasteiger partial charge >= 0.3 is 6.03 Å². The van der Waals surface area contributed by atoms with Crippen LogP contribution in [0.1, 0.15) is 5.69 Å². The normalized spacial score (nSPS) is 15.1. The lowest BCUT2D eigenvalue weighted by molar-refractivity contribution is 0.208. The Kier molecular flexibility index (Phi) is 4.06. The summed E-state index contributed by atoms with van der Waals surface area (Å²) in [5.74, 6) is 0. The first-order valence-electron chi connectivity index (χ1n) is 7.00. The van der Waals surface area contributed by atoms with Crippen molar-refractivity contribution in [1.29, 1.82) is 0 Å². The Morgan fingerprint density at radius 1 is 1.19 bits per heavy atom. The summed E-state index contributed by atoms with van der Waals surface area (Å²) in [5.41, 5.74) is 2.15. The highest BCUT2D eigenvalue weighted by Crippen LogP contribution is 2.18. The van der Waals surface area contributed by atoms with Gasteiger partial charge in [0, 0.05) is 37.2 Å². The van der Waals surface area contributed by atoms with Crippen LogP contribution < -0.4 is 10.2 Å². The van der Waals surface area contributed by atoms with Crippen molar-refractivity contribution >= 4 is 28.2 Å². The van der Waals surface area contributed by atoms with E-state index in [-0.39, 0.29) is 6.03 Å². The second-order valence-electron chi connectivity index (χ2n) is 5.03. The average molecular weight is 302 g/mol. The van der Waals surface area contributed by atoms with Gasteiger partial charge in [-0.25, -0.2) is 9.78 Å². The molecule has 1 aromatic heterocycles. The second kappa shape index (κ2) is 6.13. The van der Waals surface area contributed by atoms with Crippen LogP contribution in [0.4, 0.5) is 15.6 Å². The first-order chi connectivity index (χ1) is 10.2. The minimum Gasteiger partial charge on any atom is -0.368 e. The number of carbonyl (C=O) groups excluding carboxylic acids is 1. The maximum Gasteiger partial charge on any atom is 0.323 e. The molecule has 110 valence electrons. The number of nitrogens with zero attached hydrogens (tertiary/aromatic N) is 3. The molecule has 1 saturated heterocycles. The molecule has 21 heavy (non-hydrogen) atoms. The lowest BCUT2D eigenvalue weighted by Crippen LogP contribution is -2.50. The van der Waals surface area contributed by atoms with Gasteiger partial charge in [-0.05, 0) is 19.1 Å². The molecule has 0 aliphatic carbocycles. The molecule has 6 heteroatoms. The summed E-state index contributed by atoms with van der Waals surface area (Å²) in [6, 6.07) is 10.3. The number of thiazole rings is 1. The van der Waals surface area contributed by atoms with E-state index in [0.717, 1.165) is 31.9 Å². The van der Waals surface area contributed by atoms with Gasteiger partial charge in [0.1, 0.15) is 0 Å². The lowest BCUT2D eigenvalue weighted by Gasteiger charge is -2.35. The van der Waals surface area contributed by atoms with Crippen molar-refractivity contribution in [3.8, 4) is 0 Å². The molecule has 0 spiro atoms. The maximum atomic E-state index is 12.2. The van der Waals surface area contributed by atoms with Crippen LogP contribution in [0.15, 0.2) is 35.7 Å². The topological polar surface area (TPSA) is 48.5 Å². The van der Waals surface area contributed by atoms with Crippen molar-refractivity contribution < 1.29 is 4.79 Å². The number of hydrogen-bond donors (Lipinski definition) is 1.